The molecule has 0 aliphatic heterocycles. The van der Waals surface area contributed by atoms with Gasteiger partial charge in [0.25, 0.3) is 0 Å². The minimum Gasteiger partial charge on any atom is -0.346 e. The summed E-state index contributed by atoms with van der Waals surface area (Å²) in [6.07, 6.45) is 3.73. The average molecular weight is 415 g/mol. The number of hydrogen-bond acceptors (Lipinski definition) is 2. The first kappa shape index (κ1) is 18.6. The van der Waals surface area contributed by atoms with E-state index in [0.717, 1.165) is 47.0 Å². The van der Waals surface area contributed by atoms with Crippen molar-refractivity contribution in [3.8, 4) is 0 Å². The zero-order chi connectivity index (χ0) is 18.6. The fraction of sp³-hybridized carbons (Fsp3) is 0.333. The van der Waals surface area contributed by atoms with E-state index < -0.39 is 5.41 Å². The van der Waals surface area contributed by atoms with Crippen molar-refractivity contribution in [1.82, 2.24) is 5.32 Å². The molecule has 0 atom stereocenters. The summed E-state index contributed by atoms with van der Waals surface area (Å²) >= 11 is 3.41. The Hall–Kier alpha value is -2.14. The van der Waals surface area contributed by atoms with Gasteiger partial charge in [0.2, 0.25) is 11.8 Å². The van der Waals surface area contributed by atoms with Gasteiger partial charge in [-0.05, 0) is 49.1 Å². The molecule has 4 nitrogen and oxygen atoms in total. The lowest BCUT2D eigenvalue weighted by atomic mass is 9.78. The Morgan fingerprint density at radius 2 is 1.77 bits per heavy atom. The van der Waals surface area contributed by atoms with Gasteiger partial charge in [0.1, 0.15) is 0 Å². The van der Waals surface area contributed by atoms with Crippen LogP contribution in [0.3, 0.4) is 0 Å². The highest BCUT2D eigenvalue weighted by molar-refractivity contribution is 9.10. The van der Waals surface area contributed by atoms with E-state index in [1.807, 2.05) is 55.5 Å². The lowest BCUT2D eigenvalue weighted by molar-refractivity contribution is -0.128. The van der Waals surface area contributed by atoms with Crippen molar-refractivity contribution in [2.24, 2.45) is 0 Å². The maximum absolute atomic E-state index is 12.9. The van der Waals surface area contributed by atoms with Crippen LogP contribution >= 0.6 is 15.9 Å². The first-order chi connectivity index (χ1) is 12.5. The first-order valence-corrected chi connectivity index (χ1v) is 9.70. The van der Waals surface area contributed by atoms with Crippen LogP contribution in [0.1, 0.15) is 36.8 Å². The first-order valence-electron chi connectivity index (χ1n) is 8.91. The molecule has 1 saturated carbocycles. The van der Waals surface area contributed by atoms with Crippen molar-refractivity contribution in [2.45, 2.75) is 38.0 Å². The topological polar surface area (TPSA) is 58.2 Å². The molecule has 0 radical (unpaired) electrons. The lowest BCUT2D eigenvalue weighted by Crippen LogP contribution is -2.45. The smallest absolute Gasteiger partial charge is 0.243 e. The number of carbonyl (C=O) groups excluding carboxylic acids is 2. The van der Waals surface area contributed by atoms with E-state index in [2.05, 4.69) is 26.6 Å². The maximum atomic E-state index is 12.9. The highest BCUT2D eigenvalue weighted by Crippen LogP contribution is 2.41. The minimum absolute atomic E-state index is 0.0249. The van der Waals surface area contributed by atoms with Gasteiger partial charge in [-0.15, -0.1) is 0 Å². The average Bonchev–Trinajstić information content (AvgIpc) is 3.14. The molecule has 1 aliphatic rings. The molecule has 136 valence electrons. The van der Waals surface area contributed by atoms with Crippen molar-refractivity contribution in [3.63, 3.8) is 0 Å². The normalized spacial score (nSPS) is 15.5. The van der Waals surface area contributed by atoms with E-state index in [4.69, 9.17) is 0 Å². The summed E-state index contributed by atoms with van der Waals surface area (Å²) in [7, 11) is 0. The minimum atomic E-state index is -0.505. The number of carbonyl (C=O) groups is 2. The number of anilines is 1. The van der Waals surface area contributed by atoms with Gasteiger partial charge < -0.3 is 10.6 Å². The van der Waals surface area contributed by atoms with Crippen LogP contribution in [-0.2, 0) is 15.0 Å². The fourth-order valence-electron chi connectivity index (χ4n) is 3.67. The quantitative estimate of drug-likeness (QED) is 0.764. The Kier molecular flexibility index (Phi) is 5.77. The third kappa shape index (κ3) is 3.98. The third-order valence-corrected chi connectivity index (χ3v) is 5.58. The number of halogens is 1. The Balaban J connectivity index is 1.64. The fourth-order valence-corrected chi connectivity index (χ4v) is 4.15. The zero-order valence-corrected chi connectivity index (χ0v) is 16.4. The Labute approximate surface area is 162 Å². The van der Waals surface area contributed by atoms with Gasteiger partial charge in [0.05, 0.1) is 12.0 Å². The molecule has 1 fully saturated rings. The lowest BCUT2D eigenvalue weighted by Gasteiger charge is -2.28. The van der Waals surface area contributed by atoms with Crippen LogP contribution in [0.2, 0.25) is 0 Å². The number of nitrogens with one attached hydrogen (secondary N) is 2. The second-order valence-electron chi connectivity index (χ2n) is 6.85. The van der Waals surface area contributed by atoms with Gasteiger partial charge in [-0.2, -0.15) is 0 Å². The van der Waals surface area contributed by atoms with Gasteiger partial charge >= 0.3 is 0 Å². The van der Waals surface area contributed by atoms with E-state index >= 15 is 0 Å². The molecule has 0 spiro atoms. The van der Waals surface area contributed by atoms with E-state index in [1.54, 1.807) is 0 Å². The van der Waals surface area contributed by atoms with Gasteiger partial charge in [-0.25, -0.2) is 0 Å². The number of rotatable bonds is 5. The van der Waals surface area contributed by atoms with Gasteiger partial charge in [-0.3, -0.25) is 9.59 Å². The van der Waals surface area contributed by atoms with Gasteiger partial charge in [0.15, 0.2) is 0 Å². The van der Waals surface area contributed by atoms with Crippen LogP contribution in [0.15, 0.2) is 53.0 Å². The predicted molar refractivity (Wildman–Crippen MR) is 107 cm³/mol. The van der Waals surface area contributed by atoms with E-state index in [9.17, 15) is 9.59 Å². The van der Waals surface area contributed by atoms with Crippen LogP contribution < -0.4 is 10.6 Å². The highest BCUT2D eigenvalue weighted by Gasteiger charge is 2.42. The number of amides is 2. The molecule has 0 saturated heterocycles. The summed E-state index contributed by atoms with van der Waals surface area (Å²) in [5.74, 6) is -0.270. The molecule has 0 unspecified atom stereocenters. The Morgan fingerprint density at radius 3 is 2.42 bits per heavy atom. The van der Waals surface area contributed by atoms with Crippen molar-refractivity contribution in [1.29, 1.82) is 0 Å². The van der Waals surface area contributed by atoms with Crippen LogP contribution in [-0.4, -0.2) is 18.4 Å². The van der Waals surface area contributed by atoms with E-state index in [0.29, 0.717) is 0 Å². The summed E-state index contributed by atoms with van der Waals surface area (Å²) in [5, 5.41) is 5.72. The summed E-state index contributed by atoms with van der Waals surface area (Å²) < 4.78 is 0.965. The van der Waals surface area contributed by atoms with E-state index in [1.165, 1.54) is 0 Å². The second kappa shape index (κ2) is 8.04. The summed E-state index contributed by atoms with van der Waals surface area (Å²) in [5.41, 5.74) is 2.26. The summed E-state index contributed by atoms with van der Waals surface area (Å²) in [4.78, 5) is 25.2. The van der Waals surface area contributed by atoms with Crippen molar-refractivity contribution < 1.29 is 9.59 Å². The number of benzene rings is 2. The number of hydrogen-bond donors (Lipinski definition) is 2. The molecule has 2 N–H and O–H groups in total. The zero-order valence-electron chi connectivity index (χ0n) is 14.8. The molecule has 5 heteroatoms. The second-order valence-corrected chi connectivity index (χ2v) is 7.76. The SMILES string of the molecule is Cc1cc(Br)ccc1NC(=O)CNC(=O)C1(c2ccccc2)CCCC1. The molecule has 3 rings (SSSR count). The molecule has 2 aromatic carbocycles. The van der Waals surface area contributed by atoms with Crippen LogP contribution in [0.4, 0.5) is 5.69 Å². The van der Waals surface area contributed by atoms with Gasteiger partial charge in [0, 0.05) is 10.2 Å². The highest BCUT2D eigenvalue weighted by atomic mass is 79.9. The van der Waals surface area contributed by atoms with E-state index in [-0.39, 0.29) is 18.4 Å². The number of aryl methyl sites for hydroxylation is 1. The molecule has 0 heterocycles. The monoisotopic (exact) mass is 414 g/mol. The van der Waals surface area contributed by atoms with Gasteiger partial charge in [-0.1, -0.05) is 59.1 Å². The largest absolute Gasteiger partial charge is 0.346 e. The molecule has 2 aromatic rings. The standard InChI is InChI=1S/C21H23BrN2O2/c1-15-13-17(22)9-10-18(15)24-19(25)14-23-20(26)21(11-5-6-12-21)16-7-3-2-4-8-16/h2-4,7-10,13H,5-6,11-12,14H2,1H3,(H,23,26)(H,24,25). The molecule has 2 amide bonds. The molecule has 26 heavy (non-hydrogen) atoms. The summed E-state index contributed by atoms with van der Waals surface area (Å²) in [6, 6.07) is 15.6. The Morgan fingerprint density at radius 1 is 1.08 bits per heavy atom. The van der Waals surface area contributed by atoms with Crippen molar-refractivity contribution in [2.75, 3.05) is 11.9 Å². The van der Waals surface area contributed by atoms with Crippen molar-refractivity contribution in [3.05, 3.63) is 64.1 Å². The van der Waals surface area contributed by atoms with Crippen LogP contribution in [0, 0.1) is 6.92 Å². The van der Waals surface area contributed by atoms with Crippen LogP contribution in [0.5, 0.6) is 0 Å². The molecule has 0 aromatic heterocycles. The predicted octanol–water partition coefficient (Wildman–Crippen LogP) is 4.32. The Bertz CT molecular complexity index is 799. The molecule has 1 aliphatic carbocycles. The van der Waals surface area contributed by atoms with Crippen molar-refractivity contribution >= 4 is 33.4 Å². The molecular formula is C21H23BrN2O2. The summed E-state index contributed by atoms with van der Waals surface area (Å²) in [6.45, 7) is 1.91. The molecule has 0 bridgehead atoms. The van der Waals surface area contributed by atoms with Crippen LogP contribution in [0.25, 0.3) is 0 Å². The third-order valence-electron chi connectivity index (χ3n) is 5.09. The maximum Gasteiger partial charge on any atom is 0.243 e. The molecular weight excluding hydrogens is 392 g/mol.